The lowest BCUT2D eigenvalue weighted by Gasteiger charge is -2.55. The molecule has 3 amide bonds. The highest BCUT2D eigenvalue weighted by Crippen LogP contribution is 2.42. The number of piperazine rings is 1. The minimum Gasteiger partial charge on any atom is -0.444 e. The summed E-state index contributed by atoms with van der Waals surface area (Å²) in [6.07, 6.45) is 1.14. The normalized spacial score (nSPS) is 20.3. The van der Waals surface area contributed by atoms with E-state index in [1.807, 2.05) is 37.8 Å². The summed E-state index contributed by atoms with van der Waals surface area (Å²) >= 11 is 0. The van der Waals surface area contributed by atoms with Gasteiger partial charge in [0.15, 0.2) is 5.69 Å². The molecule has 1 aromatic carbocycles. The summed E-state index contributed by atoms with van der Waals surface area (Å²) in [5.41, 5.74) is -0.520. The Morgan fingerprint density at radius 2 is 1.62 bits per heavy atom. The van der Waals surface area contributed by atoms with Gasteiger partial charge < -0.3 is 34.6 Å². The highest BCUT2D eigenvalue weighted by Gasteiger charge is 2.46. The van der Waals surface area contributed by atoms with Gasteiger partial charge in [0.25, 0.3) is 0 Å². The molecule has 1 N–H and O–H groups in total. The number of aromatic nitrogens is 1. The second kappa shape index (κ2) is 14.2. The number of anilines is 3. The van der Waals surface area contributed by atoms with E-state index in [1.165, 1.54) is 12.1 Å². The highest BCUT2D eigenvalue weighted by molar-refractivity contribution is 5.89. The Balaban J connectivity index is 0.897. The SMILES string of the molecule is [C-]#[N+]c1ccc(N2CCN(C(=O)Nc3ccc(N4CCC(CN5CC6(CCN(C(=O)OC(C)(C)C)CC6)C5)CC4)nc3)CC2)cc1C(F)(F)F. The molecule has 4 saturated heterocycles. The Morgan fingerprint density at radius 1 is 0.940 bits per heavy atom. The number of halogens is 3. The number of hydrogen-bond acceptors (Lipinski definition) is 7. The van der Waals surface area contributed by atoms with E-state index in [0.29, 0.717) is 48.9 Å². The molecular formula is C36H47F3N8O3. The lowest BCUT2D eigenvalue weighted by Crippen LogP contribution is -2.61. The van der Waals surface area contributed by atoms with Gasteiger partial charge in [-0.25, -0.2) is 19.4 Å². The number of nitrogens with zero attached hydrogens (tertiary/aromatic N) is 7. The average Bonchev–Trinajstić information content (AvgIpc) is 3.07. The van der Waals surface area contributed by atoms with Crippen molar-refractivity contribution in [3.05, 3.63) is 53.5 Å². The number of carbonyl (C=O) groups excluding carboxylic acids is 2. The van der Waals surface area contributed by atoms with Crippen LogP contribution in [-0.4, -0.2) is 109 Å². The third-order valence-electron chi connectivity index (χ3n) is 10.4. The second-order valence-corrected chi connectivity index (χ2v) is 15.2. The number of alkyl halides is 3. The zero-order valence-electron chi connectivity index (χ0n) is 29.1. The molecule has 4 fully saturated rings. The topological polar surface area (TPSA) is 88.9 Å². The molecule has 1 aromatic heterocycles. The van der Waals surface area contributed by atoms with Crippen LogP contribution >= 0.6 is 0 Å². The van der Waals surface area contributed by atoms with Crippen molar-refractivity contribution in [2.75, 3.05) is 87.1 Å². The van der Waals surface area contributed by atoms with Gasteiger partial charge in [-0.15, -0.1) is 0 Å². The van der Waals surface area contributed by atoms with Crippen molar-refractivity contribution >= 4 is 35.0 Å². The first kappa shape index (κ1) is 35.6. The average molecular weight is 697 g/mol. The number of benzene rings is 1. The number of rotatable bonds is 5. The van der Waals surface area contributed by atoms with Gasteiger partial charge in [-0.3, -0.25) is 0 Å². The van der Waals surface area contributed by atoms with Crippen molar-refractivity contribution in [1.29, 1.82) is 0 Å². The molecule has 50 heavy (non-hydrogen) atoms. The highest BCUT2D eigenvalue weighted by atomic mass is 19.4. The Hall–Kier alpha value is -4.25. The van der Waals surface area contributed by atoms with Crippen molar-refractivity contribution in [2.24, 2.45) is 11.3 Å². The molecule has 4 aliphatic heterocycles. The number of nitrogens with one attached hydrogen (secondary N) is 1. The zero-order valence-corrected chi connectivity index (χ0v) is 29.1. The van der Waals surface area contributed by atoms with E-state index in [0.717, 1.165) is 83.4 Å². The molecule has 0 bridgehead atoms. The largest absolute Gasteiger partial charge is 0.444 e. The summed E-state index contributed by atoms with van der Waals surface area (Å²) in [7, 11) is 0. The van der Waals surface area contributed by atoms with Crippen molar-refractivity contribution < 1.29 is 27.5 Å². The summed E-state index contributed by atoms with van der Waals surface area (Å²) in [5.74, 6) is 1.53. The van der Waals surface area contributed by atoms with Crippen LogP contribution in [0.2, 0.25) is 0 Å². The third-order valence-corrected chi connectivity index (χ3v) is 10.4. The Kier molecular flexibility index (Phi) is 10.1. The van der Waals surface area contributed by atoms with E-state index in [4.69, 9.17) is 11.3 Å². The molecule has 0 radical (unpaired) electrons. The van der Waals surface area contributed by atoms with Gasteiger partial charge in [-0.1, -0.05) is 6.07 Å². The van der Waals surface area contributed by atoms with Gasteiger partial charge in [0.1, 0.15) is 11.4 Å². The summed E-state index contributed by atoms with van der Waals surface area (Å²) in [6.45, 7) is 20.9. The predicted molar refractivity (Wildman–Crippen MR) is 186 cm³/mol. The lowest BCUT2D eigenvalue weighted by atomic mass is 9.71. The van der Waals surface area contributed by atoms with Crippen LogP contribution in [0.4, 0.5) is 45.6 Å². The van der Waals surface area contributed by atoms with E-state index >= 15 is 0 Å². The molecule has 14 heteroatoms. The molecule has 0 aliphatic carbocycles. The number of pyridine rings is 1. The maximum absolute atomic E-state index is 13.4. The maximum atomic E-state index is 13.4. The van der Waals surface area contributed by atoms with Gasteiger partial charge in [-0.2, -0.15) is 13.2 Å². The predicted octanol–water partition coefficient (Wildman–Crippen LogP) is 6.55. The molecule has 2 aromatic rings. The number of amides is 3. The molecule has 0 saturated carbocycles. The summed E-state index contributed by atoms with van der Waals surface area (Å²) in [6, 6.07) is 7.25. The first-order valence-corrected chi connectivity index (χ1v) is 17.5. The Bertz CT molecular complexity index is 1560. The van der Waals surface area contributed by atoms with Gasteiger partial charge in [0.2, 0.25) is 0 Å². The van der Waals surface area contributed by atoms with E-state index < -0.39 is 23.0 Å². The first-order chi connectivity index (χ1) is 23.7. The Morgan fingerprint density at radius 3 is 2.20 bits per heavy atom. The fourth-order valence-corrected chi connectivity index (χ4v) is 7.61. The number of carbonyl (C=O) groups is 2. The second-order valence-electron chi connectivity index (χ2n) is 15.2. The van der Waals surface area contributed by atoms with Crippen molar-refractivity contribution in [3.8, 4) is 0 Å². The molecule has 4 aliphatic rings. The van der Waals surface area contributed by atoms with Crippen LogP contribution in [0.15, 0.2) is 36.5 Å². The minimum atomic E-state index is -4.61. The van der Waals surface area contributed by atoms with Gasteiger partial charge in [-0.05, 0) is 82.1 Å². The van der Waals surface area contributed by atoms with Crippen molar-refractivity contribution in [3.63, 3.8) is 0 Å². The molecule has 1 spiro atoms. The molecule has 11 nitrogen and oxygen atoms in total. The number of likely N-dealkylation sites (tertiary alicyclic amines) is 2. The van der Waals surface area contributed by atoms with E-state index in [9.17, 15) is 22.8 Å². The van der Waals surface area contributed by atoms with Crippen LogP contribution < -0.4 is 15.1 Å². The third kappa shape index (κ3) is 8.37. The summed E-state index contributed by atoms with van der Waals surface area (Å²) in [5, 5.41) is 2.90. The monoisotopic (exact) mass is 696 g/mol. The van der Waals surface area contributed by atoms with Crippen molar-refractivity contribution in [1.82, 2.24) is 19.7 Å². The molecule has 5 heterocycles. The van der Waals surface area contributed by atoms with Crippen LogP contribution in [0, 0.1) is 17.9 Å². The van der Waals surface area contributed by atoms with E-state index in [1.54, 1.807) is 16.0 Å². The fraction of sp³-hybridized carbons (Fsp3) is 0.611. The van der Waals surface area contributed by atoms with Crippen LogP contribution in [-0.2, 0) is 10.9 Å². The number of hydrogen-bond donors (Lipinski definition) is 1. The number of urea groups is 1. The maximum Gasteiger partial charge on any atom is 0.410 e. The van der Waals surface area contributed by atoms with Crippen LogP contribution in [0.3, 0.4) is 0 Å². The van der Waals surface area contributed by atoms with E-state index in [2.05, 4.69) is 24.9 Å². The Labute approximate surface area is 292 Å². The number of piperidine rings is 2. The molecule has 270 valence electrons. The van der Waals surface area contributed by atoms with E-state index in [-0.39, 0.29) is 12.1 Å². The standard InChI is InChI=1S/C36H47F3N8O3/c1-34(2,3)50-33(49)47-15-11-35(12-16-47)24-43(25-35)23-26-9-13-45(14-10-26)31-8-5-27(22-41-31)42-32(48)46-19-17-44(18-20-46)28-6-7-30(40-4)29(21-28)36(37,38)39/h5-8,21-22,26H,9-20,23-25H2,1-3H3,(H,42,48). The minimum absolute atomic E-state index is 0.199. The van der Waals surface area contributed by atoms with Crippen LogP contribution in [0.1, 0.15) is 52.0 Å². The van der Waals surface area contributed by atoms with Gasteiger partial charge in [0.05, 0.1) is 24.0 Å². The van der Waals surface area contributed by atoms with Gasteiger partial charge >= 0.3 is 18.3 Å². The molecule has 6 rings (SSSR count). The fourth-order valence-electron chi connectivity index (χ4n) is 7.61. The number of ether oxygens (including phenoxy) is 1. The smallest absolute Gasteiger partial charge is 0.410 e. The van der Waals surface area contributed by atoms with Crippen molar-refractivity contribution in [2.45, 2.75) is 58.2 Å². The van der Waals surface area contributed by atoms with Crippen LogP contribution in [0.25, 0.3) is 4.85 Å². The molecular weight excluding hydrogens is 649 g/mol. The quantitative estimate of drug-likeness (QED) is 0.355. The first-order valence-electron chi connectivity index (χ1n) is 17.5. The molecule has 0 unspecified atom stereocenters. The summed E-state index contributed by atoms with van der Waals surface area (Å²) < 4.78 is 45.8. The lowest BCUT2D eigenvalue weighted by molar-refractivity contribution is -0.136. The zero-order chi connectivity index (χ0) is 35.7. The van der Waals surface area contributed by atoms with Gasteiger partial charge in [0, 0.05) is 77.7 Å². The summed E-state index contributed by atoms with van der Waals surface area (Å²) in [4.78, 5) is 43.2. The van der Waals surface area contributed by atoms with Crippen LogP contribution in [0.5, 0.6) is 0 Å². The molecule has 0 atom stereocenters.